The van der Waals surface area contributed by atoms with Crippen molar-refractivity contribution in [2.75, 3.05) is 44.9 Å². The van der Waals surface area contributed by atoms with Crippen LogP contribution in [0.2, 0.25) is 0 Å². The number of aryl methyl sites for hydroxylation is 1. The second-order valence-corrected chi connectivity index (χ2v) is 8.50. The first-order valence-electron chi connectivity index (χ1n) is 11.8. The zero-order chi connectivity index (χ0) is 24.3. The topological polar surface area (TPSA) is 90.7 Å². The van der Waals surface area contributed by atoms with Gasteiger partial charge in [0.25, 0.3) is 0 Å². The van der Waals surface area contributed by atoms with Crippen LogP contribution in [0.5, 0.6) is 6.01 Å². The van der Waals surface area contributed by atoms with E-state index < -0.39 is 6.10 Å². The molecular formula is C26H36N4O4. The summed E-state index contributed by atoms with van der Waals surface area (Å²) in [5.41, 5.74) is 3.85. The van der Waals surface area contributed by atoms with E-state index in [2.05, 4.69) is 29.2 Å². The summed E-state index contributed by atoms with van der Waals surface area (Å²) in [6.07, 6.45) is -0.571. The highest BCUT2D eigenvalue weighted by atomic mass is 16.5. The molecule has 1 aromatic heterocycles. The van der Waals surface area contributed by atoms with Crippen molar-refractivity contribution < 1.29 is 19.3 Å². The van der Waals surface area contributed by atoms with Gasteiger partial charge in [0.05, 0.1) is 25.0 Å². The third-order valence-electron chi connectivity index (χ3n) is 5.05. The molecule has 2 N–H and O–H groups in total. The molecule has 8 nitrogen and oxygen atoms in total. The number of nitrogens with zero attached hydrogens (tertiary/aromatic N) is 3. The van der Waals surface area contributed by atoms with E-state index in [9.17, 15) is 5.11 Å². The Balaban J connectivity index is 1.72. The van der Waals surface area contributed by atoms with Crippen molar-refractivity contribution in [1.29, 1.82) is 0 Å². The number of aliphatic hydroxyl groups is 1. The molecule has 0 aliphatic heterocycles. The molecule has 3 rings (SSSR count). The van der Waals surface area contributed by atoms with E-state index in [-0.39, 0.29) is 0 Å². The molecule has 0 spiro atoms. The molecule has 3 aromatic rings. The van der Waals surface area contributed by atoms with Gasteiger partial charge in [-0.05, 0) is 49.6 Å². The van der Waals surface area contributed by atoms with Gasteiger partial charge in [0.1, 0.15) is 6.61 Å². The maximum Gasteiger partial charge on any atom is 0.336 e. The Morgan fingerprint density at radius 2 is 1.76 bits per heavy atom. The number of nitrogens with one attached hydrogen (secondary N) is 1. The number of anilines is 1. The summed E-state index contributed by atoms with van der Waals surface area (Å²) in [6.45, 7) is 11.0. The van der Waals surface area contributed by atoms with E-state index >= 15 is 0 Å². The molecule has 0 radical (unpaired) electrons. The lowest BCUT2D eigenvalue weighted by Crippen LogP contribution is -2.25. The minimum absolute atomic E-state index is 0.310. The Labute approximate surface area is 201 Å². The van der Waals surface area contributed by atoms with Gasteiger partial charge in [-0.25, -0.2) is 4.68 Å². The minimum atomic E-state index is -0.571. The summed E-state index contributed by atoms with van der Waals surface area (Å²) in [5, 5.41) is 18.0. The number of ether oxygens (including phenoxy) is 3. The van der Waals surface area contributed by atoms with E-state index in [1.807, 2.05) is 62.4 Å². The number of aromatic nitrogens is 3. The predicted molar refractivity (Wildman–Crippen MR) is 134 cm³/mol. The van der Waals surface area contributed by atoms with E-state index in [1.165, 1.54) is 0 Å². The second-order valence-electron chi connectivity index (χ2n) is 8.50. The molecule has 0 aliphatic rings. The molecule has 1 heterocycles. The smallest absolute Gasteiger partial charge is 0.336 e. The van der Waals surface area contributed by atoms with Crippen LogP contribution >= 0.6 is 0 Å². The van der Waals surface area contributed by atoms with Crippen molar-refractivity contribution in [3.05, 3.63) is 54.1 Å². The molecule has 0 bridgehead atoms. The first-order chi connectivity index (χ1) is 16.5. The van der Waals surface area contributed by atoms with E-state index in [1.54, 1.807) is 4.68 Å². The number of hydrogen-bond donors (Lipinski definition) is 2. The summed E-state index contributed by atoms with van der Waals surface area (Å²) < 4.78 is 18.4. The van der Waals surface area contributed by atoms with Crippen molar-refractivity contribution in [3.63, 3.8) is 0 Å². The normalized spacial score (nSPS) is 12.2. The average Bonchev–Trinajstić information content (AvgIpc) is 3.25. The molecule has 34 heavy (non-hydrogen) atoms. The van der Waals surface area contributed by atoms with Crippen LogP contribution in [0.1, 0.15) is 26.3 Å². The Morgan fingerprint density at radius 1 is 1.00 bits per heavy atom. The van der Waals surface area contributed by atoms with E-state index in [0.717, 1.165) is 22.5 Å². The van der Waals surface area contributed by atoms with E-state index in [4.69, 9.17) is 14.2 Å². The average molecular weight is 469 g/mol. The molecule has 184 valence electrons. The molecule has 0 saturated carbocycles. The van der Waals surface area contributed by atoms with E-state index in [0.29, 0.717) is 57.3 Å². The van der Waals surface area contributed by atoms with Crippen LogP contribution in [0.15, 0.2) is 48.5 Å². The van der Waals surface area contributed by atoms with Gasteiger partial charge in [-0.1, -0.05) is 38.1 Å². The number of benzene rings is 2. The lowest BCUT2D eigenvalue weighted by molar-refractivity contribution is 0.0318. The van der Waals surface area contributed by atoms with Gasteiger partial charge >= 0.3 is 6.01 Å². The van der Waals surface area contributed by atoms with Crippen LogP contribution in [-0.2, 0) is 9.47 Å². The van der Waals surface area contributed by atoms with Gasteiger partial charge in [-0.15, -0.1) is 5.10 Å². The van der Waals surface area contributed by atoms with Crippen molar-refractivity contribution in [1.82, 2.24) is 14.8 Å². The van der Waals surface area contributed by atoms with Crippen LogP contribution in [0.3, 0.4) is 0 Å². The van der Waals surface area contributed by atoms with Crippen LogP contribution in [0.25, 0.3) is 17.1 Å². The Kier molecular flexibility index (Phi) is 9.88. The van der Waals surface area contributed by atoms with Crippen LogP contribution in [-0.4, -0.2) is 65.6 Å². The van der Waals surface area contributed by atoms with Gasteiger partial charge in [0.2, 0.25) is 0 Å². The molecule has 0 fully saturated rings. The van der Waals surface area contributed by atoms with Crippen LogP contribution in [0, 0.1) is 12.8 Å². The lowest BCUT2D eigenvalue weighted by atomic mass is 10.1. The first kappa shape index (κ1) is 25.7. The highest BCUT2D eigenvalue weighted by molar-refractivity contribution is 5.63. The Morgan fingerprint density at radius 3 is 2.47 bits per heavy atom. The SMILES string of the molecule is CCOCCOc1nc(-c2ccccc2C)n(-c2ccc(NC[C@@H](O)COCC(C)C)cc2)n1. The number of rotatable bonds is 14. The summed E-state index contributed by atoms with van der Waals surface area (Å²) >= 11 is 0. The molecule has 8 heteroatoms. The van der Waals surface area contributed by atoms with Gasteiger partial charge in [-0.3, -0.25) is 0 Å². The minimum Gasteiger partial charge on any atom is -0.460 e. The molecular weight excluding hydrogens is 432 g/mol. The lowest BCUT2D eigenvalue weighted by Gasteiger charge is -2.14. The highest BCUT2D eigenvalue weighted by Crippen LogP contribution is 2.26. The van der Waals surface area contributed by atoms with Crippen LogP contribution in [0.4, 0.5) is 5.69 Å². The molecule has 1 atom stereocenters. The molecule has 0 amide bonds. The Hall–Kier alpha value is -2.94. The maximum atomic E-state index is 10.1. The molecule has 0 saturated heterocycles. The van der Waals surface area contributed by atoms with Crippen molar-refractivity contribution in [2.45, 2.75) is 33.8 Å². The third kappa shape index (κ3) is 7.55. The third-order valence-corrected chi connectivity index (χ3v) is 5.05. The van der Waals surface area contributed by atoms with Crippen molar-refractivity contribution in [3.8, 4) is 23.1 Å². The fraction of sp³-hybridized carbons (Fsp3) is 0.462. The predicted octanol–water partition coefficient (Wildman–Crippen LogP) is 4.10. The Bertz CT molecular complexity index is 1000. The second kappa shape index (κ2) is 13.1. The monoisotopic (exact) mass is 468 g/mol. The quantitative estimate of drug-likeness (QED) is 0.344. The maximum absolute atomic E-state index is 10.1. The summed E-state index contributed by atoms with van der Waals surface area (Å²) in [7, 11) is 0. The molecule has 0 aliphatic carbocycles. The van der Waals surface area contributed by atoms with Crippen molar-refractivity contribution in [2.24, 2.45) is 5.92 Å². The summed E-state index contributed by atoms with van der Waals surface area (Å²) in [5.74, 6) is 1.16. The molecule has 2 aromatic carbocycles. The fourth-order valence-electron chi connectivity index (χ4n) is 3.32. The first-order valence-corrected chi connectivity index (χ1v) is 11.8. The number of aliphatic hydroxyl groups excluding tert-OH is 1. The summed E-state index contributed by atoms with van der Waals surface area (Å²) in [6, 6.07) is 16.2. The van der Waals surface area contributed by atoms with Crippen molar-refractivity contribution >= 4 is 5.69 Å². The highest BCUT2D eigenvalue weighted by Gasteiger charge is 2.16. The van der Waals surface area contributed by atoms with Gasteiger partial charge in [-0.2, -0.15) is 4.98 Å². The van der Waals surface area contributed by atoms with Crippen LogP contribution < -0.4 is 10.1 Å². The zero-order valence-corrected chi connectivity index (χ0v) is 20.5. The fourth-order valence-corrected chi connectivity index (χ4v) is 3.32. The zero-order valence-electron chi connectivity index (χ0n) is 20.5. The largest absolute Gasteiger partial charge is 0.460 e. The van der Waals surface area contributed by atoms with Gasteiger partial charge < -0.3 is 24.6 Å². The summed E-state index contributed by atoms with van der Waals surface area (Å²) in [4.78, 5) is 4.65. The standard InChI is InChI=1S/C26H36N4O4/c1-5-32-14-15-34-26-28-25(24-9-7-6-8-20(24)4)30(29-26)22-12-10-21(11-13-22)27-16-23(31)18-33-17-19(2)3/h6-13,19,23,27,31H,5,14-18H2,1-4H3/t23-/m1/s1. The number of hydrogen-bond acceptors (Lipinski definition) is 7. The van der Waals surface area contributed by atoms with Gasteiger partial charge in [0.15, 0.2) is 5.82 Å². The molecule has 0 unspecified atom stereocenters. The van der Waals surface area contributed by atoms with Gasteiger partial charge in [0, 0.05) is 31.0 Å².